The molecule has 0 bridgehead atoms. The first kappa shape index (κ1) is 19.1. The van der Waals surface area contributed by atoms with Crippen LogP contribution < -0.4 is 5.32 Å². The number of pyridine rings is 1. The van der Waals surface area contributed by atoms with Crippen molar-refractivity contribution in [3.63, 3.8) is 0 Å². The Labute approximate surface area is 165 Å². The van der Waals surface area contributed by atoms with E-state index in [1.165, 1.54) is 0 Å². The lowest BCUT2D eigenvalue weighted by atomic mass is 10.1. The normalized spacial score (nSPS) is 17.2. The van der Waals surface area contributed by atoms with Crippen LogP contribution in [0.2, 0.25) is 0 Å². The first-order chi connectivity index (χ1) is 12.7. The van der Waals surface area contributed by atoms with Gasteiger partial charge in [-0.05, 0) is 25.1 Å². The zero-order chi connectivity index (χ0) is 17.9. The van der Waals surface area contributed by atoms with Gasteiger partial charge in [0.2, 0.25) is 5.91 Å². The predicted molar refractivity (Wildman–Crippen MR) is 111 cm³/mol. The number of halogens is 1. The second-order valence-corrected chi connectivity index (χ2v) is 6.58. The highest BCUT2D eigenvalue weighted by Gasteiger charge is 2.21. The summed E-state index contributed by atoms with van der Waals surface area (Å²) in [4.78, 5) is 14.6. The highest BCUT2D eigenvalue weighted by molar-refractivity contribution is 5.95. The van der Waals surface area contributed by atoms with E-state index in [4.69, 9.17) is 5.10 Å². The number of nitrogens with one attached hydrogen (secondary N) is 1. The topological polar surface area (TPSA) is 49.6 Å². The van der Waals surface area contributed by atoms with Gasteiger partial charge in [0.25, 0.3) is 0 Å². The molecule has 1 atom stereocenters. The van der Waals surface area contributed by atoms with Crippen LogP contribution in [0.5, 0.6) is 0 Å². The van der Waals surface area contributed by atoms with Gasteiger partial charge in [0.05, 0.1) is 5.52 Å². The number of benzene rings is 1. The molecule has 6 heteroatoms. The number of hydrogen-bond acceptors (Lipinski definition) is 3. The van der Waals surface area contributed by atoms with Crippen LogP contribution >= 0.6 is 12.4 Å². The van der Waals surface area contributed by atoms with E-state index >= 15 is 0 Å². The Morgan fingerprint density at radius 1 is 1.19 bits per heavy atom. The molecule has 1 fully saturated rings. The SMILES string of the molecule is CC1CNCCN1C(=O)C=Cc1c(-c2ccccc2)nn2ccccc12.Cl. The summed E-state index contributed by atoms with van der Waals surface area (Å²) in [5, 5.41) is 8.03. The Balaban J connectivity index is 0.00000210. The fourth-order valence-corrected chi connectivity index (χ4v) is 3.41. The van der Waals surface area contributed by atoms with Crippen molar-refractivity contribution in [2.24, 2.45) is 0 Å². The Morgan fingerprint density at radius 2 is 1.96 bits per heavy atom. The van der Waals surface area contributed by atoms with Crippen molar-refractivity contribution < 1.29 is 4.79 Å². The standard InChI is InChI=1S/C21H22N4O.ClH/c1-16-15-22-12-14-24(16)20(26)11-10-18-19-9-5-6-13-25(19)23-21(18)17-7-3-2-4-8-17;/h2-11,13,16,22H,12,14-15H2,1H3;1H. The van der Waals surface area contributed by atoms with Crippen LogP contribution in [0.3, 0.4) is 0 Å². The largest absolute Gasteiger partial charge is 0.334 e. The van der Waals surface area contributed by atoms with Crippen LogP contribution in [0.4, 0.5) is 0 Å². The average Bonchev–Trinajstić information content (AvgIpc) is 3.06. The third-order valence-corrected chi connectivity index (χ3v) is 4.80. The van der Waals surface area contributed by atoms with Gasteiger partial charge in [-0.3, -0.25) is 4.79 Å². The smallest absolute Gasteiger partial charge is 0.246 e. The zero-order valence-corrected chi connectivity index (χ0v) is 16.0. The van der Waals surface area contributed by atoms with Crippen LogP contribution in [-0.4, -0.2) is 46.1 Å². The van der Waals surface area contributed by atoms with Gasteiger partial charge >= 0.3 is 0 Å². The second-order valence-electron chi connectivity index (χ2n) is 6.58. The number of rotatable bonds is 3. The van der Waals surface area contributed by atoms with Gasteiger partial charge in [-0.2, -0.15) is 5.10 Å². The zero-order valence-electron chi connectivity index (χ0n) is 15.2. The second kappa shape index (κ2) is 8.37. The third kappa shape index (κ3) is 3.89. The Kier molecular flexibility index (Phi) is 5.94. The van der Waals surface area contributed by atoms with Gasteiger partial charge in [0.15, 0.2) is 0 Å². The highest BCUT2D eigenvalue weighted by Crippen LogP contribution is 2.27. The van der Waals surface area contributed by atoms with E-state index in [1.807, 2.05) is 70.2 Å². The highest BCUT2D eigenvalue weighted by atomic mass is 35.5. The molecule has 3 heterocycles. The lowest BCUT2D eigenvalue weighted by molar-refractivity contribution is -0.128. The molecule has 0 aliphatic carbocycles. The third-order valence-electron chi connectivity index (χ3n) is 4.80. The molecule has 0 spiro atoms. The summed E-state index contributed by atoms with van der Waals surface area (Å²) in [7, 11) is 0. The van der Waals surface area contributed by atoms with Crippen molar-refractivity contribution in [2.45, 2.75) is 13.0 Å². The first-order valence-corrected chi connectivity index (χ1v) is 8.96. The number of hydrogen-bond donors (Lipinski definition) is 1. The molecule has 1 unspecified atom stereocenters. The number of amides is 1. The van der Waals surface area contributed by atoms with Gasteiger partial charge < -0.3 is 10.2 Å². The minimum Gasteiger partial charge on any atom is -0.334 e. The molecule has 3 aromatic rings. The van der Waals surface area contributed by atoms with Gasteiger partial charge in [0.1, 0.15) is 5.69 Å². The van der Waals surface area contributed by atoms with Crippen molar-refractivity contribution in [2.75, 3.05) is 19.6 Å². The minimum atomic E-state index is 0. The summed E-state index contributed by atoms with van der Waals surface area (Å²) in [5.74, 6) is 0.0493. The summed E-state index contributed by atoms with van der Waals surface area (Å²) < 4.78 is 1.86. The quantitative estimate of drug-likeness (QED) is 0.707. The monoisotopic (exact) mass is 382 g/mol. The predicted octanol–water partition coefficient (Wildman–Crippen LogP) is 3.26. The number of piperazine rings is 1. The molecule has 140 valence electrons. The number of carbonyl (C=O) groups excluding carboxylic acids is 1. The van der Waals surface area contributed by atoms with Gasteiger partial charge in [-0.1, -0.05) is 36.4 Å². The molecule has 2 aromatic heterocycles. The maximum absolute atomic E-state index is 12.7. The van der Waals surface area contributed by atoms with E-state index < -0.39 is 0 Å². The van der Waals surface area contributed by atoms with Crippen LogP contribution in [0.15, 0.2) is 60.8 Å². The minimum absolute atomic E-state index is 0. The maximum Gasteiger partial charge on any atom is 0.246 e. The lowest BCUT2D eigenvalue weighted by Crippen LogP contribution is -2.51. The Morgan fingerprint density at radius 3 is 2.74 bits per heavy atom. The Hall–Kier alpha value is -2.63. The molecule has 1 aliphatic heterocycles. The van der Waals surface area contributed by atoms with Gasteiger partial charge in [0, 0.05) is 49.1 Å². The van der Waals surface area contributed by atoms with E-state index in [2.05, 4.69) is 12.2 Å². The van der Waals surface area contributed by atoms with Crippen LogP contribution in [0, 0.1) is 0 Å². The van der Waals surface area contributed by atoms with Crippen molar-refractivity contribution in [1.29, 1.82) is 0 Å². The number of nitrogens with zero attached hydrogens (tertiary/aromatic N) is 3. The molecule has 1 aromatic carbocycles. The van der Waals surface area contributed by atoms with Crippen LogP contribution in [-0.2, 0) is 4.79 Å². The van der Waals surface area contributed by atoms with Gasteiger partial charge in [-0.25, -0.2) is 4.52 Å². The summed E-state index contributed by atoms with van der Waals surface area (Å²) in [6, 6.07) is 16.2. The Bertz CT molecular complexity index is 951. The van der Waals surface area contributed by atoms with Gasteiger partial charge in [-0.15, -0.1) is 12.4 Å². The molecular formula is C21H23ClN4O. The fraction of sp³-hybridized carbons (Fsp3) is 0.238. The molecule has 5 nitrogen and oxygen atoms in total. The van der Waals surface area contributed by atoms with E-state index in [0.29, 0.717) is 0 Å². The number of aromatic nitrogens is 2. The molecule has 0 radical (unpaired) electrons. The lowest BCUT2D eigenvalue weighted by Gasteiger charge is -2.33. The summed E-state index contributed by atoms with van der Waals surface area (Å²) in [6.45, 7) is 4.49. The average molecular weight is 383 g/mol. The van der Waals surface area contributed by atoms with Crippen molar-refractivity contribution in [3.8, 4) is 11.3 Å². The molecule has 4 rings (SSSR count). The van der Waals surface area contributed by atoms with Crippen molar-refractivity contribution >= 4 is 29.9 Å². The van der Waals surface area contributed by atoms with Crippen molar-refractivity contribution in [3.05, 3.63) is 66.4 Å². The van der Waals surface area contributed by atoms with Crippen LogP contribution in [0.1, 0.15) is 12.5 Å². The van der Waals surface area contributed by atoms with E-state index in [-0.39, 0.29) is 24.4 Å². The molecule has 0 saturated carbocycles. The molecule has 1 amide bonds. The number of carbonyl (C=O) groups is 1. The summed E-state index contributed by atoms with van der Waals surface area (Å²) in [6.07, 6.45) is 5.51. The fourth-order valence-electron chi connectivity index (χ4n) is 3.41. The van der Waals surface area contributed by atoms with E-state index in [0.717, 1.165) is 42.0 Å². The molecular weight excluding hydrogens is 360 g/mol. The van der Waals surface area contributed by atoms with Crippen LogP contribution in [0.25, 0.3) is 22.9 Å². The van der Waals surface area contributed by atoms with E-state index in [9.17, 15) is 4.79 Å². The molecule has 1 aliphatic rings. The molecule has 27 heavy (non-hydrogen) atoms. The van der Waals surface area contributed by atoms with E-state index in [1.54, 1.807) is 6.08 Å². The maximum atomic E-state index is 12.7. The van der Waals surface area contributed by atoms with Crippen molar-refractivity contribution in [1.82, 2.24) is 19.8 Å². The molecule has 1 N–H and O–H groups in total. The summed E-state index contributed by atoms with van der Waals surface area (Å²) in [5.41, 5.74) is 3.88. The summed E-state index contributed by atoms with van der Waals surface area (Å²) >= 11 is 0. The first-order valence-electron chi connectivity index (χ1n) is 8.96. The number of fused-ring (bicyclic) bond motifs is 1. The molecule has 1 saturated heterocycles.